The molecule has 27 heavy (non-hydrogen) atoms. The first-order chi connectivity index (χ1) is 12.5. The van der Waals surface area contributed by atoms with E-state index in [1.54, 1.807) is 17.9 Å². The van der Waals surface area contributed by atoms with E-state index in [0.717, 1.165) is 22.4 Å². The van der Waals surface area contributed by atoms with Crippen molar-refractivity contribution in [3.05, 3.63) is 58.1 Å². The zero-order valence-corrected chi connectivity index (χ0v) is 17.9. The number of hydrogen-bond acceptors (Lipinski definition) is 3. The second-order valence-electron chi connectivity index (χ2n) is 7.04. The summed E-state index contributed by atoms with van der Waals surface area (Å²) in [5, 5.41) is 0. The Balaban J connectivity index is 2.60. The van der Waals surface area contributed by atoms with Crippen molar-refractivity contribution in [3.8, 4) is 0 Å². The number of carbonyl (C=O) groups excluding carboxylic acids is 1. The highest BCUT2D eigenvalue weighted by Crippen LogP contribution is 2.27. The summed E-state index contributed by atoms with van der Waals surface area (Å²) in [4.78, 5) is 15.1. The summed E-state index contributed by atoms with van der Waals surface area (Å²) in [5.41, 5.74) is 4.79. The van der Waals surface area contributed by atoms with Crippen molar-refractivity contribution in [2.45, 2.75) is 39.5 Å². The molecule has 2 rings (SSSR count). The van der Waals surface area contributed by atoms with Crippen LogP contribution < -0.4 is 4.90 Å². The molecule has 0 heterocycles. The first-order valence-electron chi connectivity index (χ1n) is 8.93. The third-order valence-corrected chi connectivity index (χ3v) is 6.77. The number of hydrogen-bond donors (Lipinski definition) is 0. The van der Waals surface area contributed by atoms with Crippen molar-refractivity contribution in [1.29, 1.82) is 0 Å². The quantitative estimate of drug-likeness (QED) is 0.782. The zero-order valence-electron chi connectivity index (χ0n) is 17.1. The maximum absolute atomic E-state index is 13.2. The van der Waals surface area contributed by atoms with Gasteiger partial charge in [0, 0.05) is 31.9 Å². The van der Waals surface area contributed by atoms with Gasteiger partial charge in [-0.15, -0.1) is 0 Å². The fourth-order valence-electron chi connectivity index (χ4n) is 3.10. The van der Waals surface area contributed by atoms with Crippen molar-refractivity contribution >= 4 is 21.6 Å². The van der Waals surface area contributed by atoms with E-state index in [1.165, 1.54) is 24.5 Å². The van der Waals surface area contributed by atoms with Crippen LogP contribution in [-0.4, -0.2) is 39.3 Å². The topological polar surface area (TPSA) is 57.7 Å². The lowest BCUT2D eigenvalue weighted by atomic mass is 10.0. The minimum absolute atomic E-state index is 0.174. The van der Waals surface area contributed by atoms with Gasteiger partial charge in [0.05, 0.1) is 4.90 Å². The first-order valence-corrected chi connectivity index (χ1v) is 10.4. The van der Waals surface area contributed by atoms with E-state index < -0.39 is 10.0 Å². The molecule has 1 amide bonds. The molecule has 5 nitrogen and oxygen atoms in total. The van der Waals surface area contributed by atoms with Crippen LogP contribution in [0.5, 0.6) is 0 Å². The molecule has 0 aliphatic heterocycles. The summed E-state index contributed by atoms with van der Waals surface area (Å²) in [5.74, 6) is -0.206. The van der Waals surface area contributed by atoms with Gasteiger partial charge < -0.3 is 4.90 Å². The highest BCUT2D eigenvalue weighted by atomic mass is 32.2. The normalized spacial score (nSPS) is 11.7. The molecule has 0 aromatic heterocycles. The van der Waals surface area contributed by atoms with Crippen LogP contribution in [0.1, 0.15) is 39.5 Å². The average molecular weight is 389 g/mol. The highest BCUT2D eigenvalue weighted by Gasteiger charge is 2.25. The van der Waals surface area contributed by atoms with E-state index in [1.807, 2.05) is 45.9 Å². The number of anilines is 1. The van der Waals surface area contributed by atoms with Gasteiger partial charge >= 0.3 is 0 Å². The maximum atomic E-state index is 13.2. The third-order valence-electron chi connectivity index (χ3n) is 4.83. The van der Waals surface area contributed by atoms with E-state index >= 15 is 0 Å². The first kappa shape index (κ1) is 21.1. The van der Waals surface area contributed by atoms with Crippen LogP contribution >= 0.6 is 0 Å². The van der Waals surface area contributed by atoms with Gasteiger partial charge in [0.1, 0.15) is 0 Å². The molecule has 0 unspecified atom stereocenters. The molecule has 2 aromatic rings. The molecule has 0 aliphatic carbocycles. The predicted octanol–water partition coefficient (Wildman–Crippen LogP) is 3.84. The standard InChI is InChI=1S/C21H28N2O3S/c1-8-23(19-10-9-14(2)11-16(19)4)21(24)18-12-15(3)17(5)20(13-18)27(25,26)22(6)7/h9-13H,8H2,1-7H3. The Morgan fingerprint density at radius 2 is 1.59 bits per heavy atom. The summed E-state index contributed by atoms with van der Waals surface area (Å²) < 4.78 is 26.5. The van der Waals surface area contributed by atoms with Gasteiger partial charge in [0.2, 0.25) is 10.0 Å². The van der Waals surface area contributed by atoms with Gasteiger partial charge in [-0.1, -0.05) is 17.7 Å². The van der Waals surface area contributed by atoms with Crippen LogP contribution in [0.15, 0.2) is 35.2 Å². The number of benzene rings is 2. The summed E-state index contributed by atoms with van der Waals surface area (Å²) in [7, 11) is -0.649. The molecule has 0 N–H and O–H groups in total. The molecule has 6 heteroatoms. The Bertz CT molecular complexity index is 979. The smallest absolute Gasteiger partial charge is 0.258 e. The molecule has 2 aromatic carbocycles. The van der Waals surface area contributed by atoms with Gasteiger partial charge in [-0.25, -0.2) is 12.7 Å². The summed E-state index contributed by atoms with van der Waals surface area (Å²) in [6.45, 7) is 9.98. The van der Waals surface area contributed by atoms with E-state index in [0.29, 0.717) is 17.7 Å². The molecule has 0 saturated carbocycles. The number of carbonyl (C=O) groups is 1. The average Bonchev–Trinajstić information content (AvgIpc) is 2.59. The van der Waals surface area contributed by atoms with E-state index in [9.17, 15) is 13.2 Å². The monoisotopic (exact) mass is 388 g/mol. The van der Waals surface area contributed by atoms with Crippen LogP contribution in [0.2, 0.25) is 0 Å². The van der Waals surface area contributed by atoms with Crippen LogP contribution in [0.25, 0.3) is 0 Å². The lowest BCUT2D eigenvalue weighted by Gasteiger charge is -2.24. The Morgan fingerprint density at radius 3 is 2.11 bits per heavy atom. The SMILES string of the molecule is CCN(C(=O)c1cc(C)c(C)c(S(=O)(=O)N(C)C)c1)c1ccc(C)cc1C. The molecular formula is C21H28N2O3S. The maximum Gasteiger partial charge on any atom is 0.258 e. The summed E-state index contributed by atoms with van der Waals surface area (Å²) in [6, 6.07) is 9.20. The molecule has 0 atom stereocenters. The van der Waals surface area contributed by atoms with Gasteiger partial charge in [-0.2, -0.15) is 0 Å². The van der Waals surface area contributed by atoms with Gasteiger partial charge in [-0.3, -0.25) is 4.79 Å². The third kappa shape index (κ3) is 4.06. The van der Waals surface area contributed by atoms with Gasteiger partial charge in [0.15, 0.2) is 0 Å². The molecular weight excluding hydrogens is 360 g/mol. The number of aryl methyl sites for hydroxylation is 3. The molecule has 0 fully saturated rings. The van der Waals surface area contributed by atoms with Crippen LogP contribution in [0.3, 0.4) is 0 Å². The lowest BCUT2D eigenvalue weighted by molar-refractivity contribution is 0.0988. The minimum atomic E-state index is -3.63. The van der Waals surface area contributed by atoms with Crippen molar-refractivity contribution in [2.75, 3.05) is 25.5 Å². The summed E-state index contributed by atoms with van der Waals surface area (Å²) >= 11 is 0. The number of amides is 1. The molecule has 0 bridgehead atoms. The molecule has 0 spiro atoms. The van der Waals surface area contributed by atoms with Crippen LogP contribution in [-0.2, 0) is 10.0 Å². The Kier molecular flexibility index (Phi) is 6.12. The van der Waals surface area contributed by atoms with Crippen LogP contribution in [0.4, 0.5) is 5.69 Å². The van der Waals surface area contributed by atoms with Crippen molar-refractivity contribution in [1.82, 2.24) is 4.31 Å². The molecule has 0 aliphatic rings. The Labute approximate surface area is 162 Å². The fraction of sp³-hybridized carbons (Fsp3) is 0.381. The molecule has 0 radical (unpaired) electrons. The highest BCUT2D eigenvalue weighted by molar-refractivity contribution is 7.89. The minimum Gasteiger partial charge on any atom is -0.308 e. The second-order valence-corrected chi connectivity index (χ2v) is 9.16. The largest absolute Gasteiger partial charge is 0.308 e. The fourth-order valence-corrected chi connectivity index (χ4v) is 4.32. The lowest BCUT2D eigenvalue weighted by Crippen LogP contribution is -2.32. The van der Waals surface area contributed by atoms with Crippen molar-refractivity contribution in [2.24, 2.45) is 0 Å². The van der Waals surface area contributed by atoms with Crippen molar-refractivity contribution < 1.29 is 13.2 Å². The summed E-state index contributed by atoms with van der Waals surface area (Å²) in [6.07, 6.45) is 0. The van der Waals surface area contributed by atoms with E-state index in [4.69, 9.17) is 0 Å². The zero-order chi connectivity index (χ0) is 20.5. The number of rotatable bonds is 5. The molecule has 146 valence electrons. The van der Waals surface area contributed by atoms with Crippen molar-refractivity contribution in [3.63, 3.8) is 0 Å². The van der Waals surface area contributed by atoms with E-state index in [2.05, 4.69) is 0 Å². The predicted molar refractivity (Wildman–Crippen MR) is 110 cm³/mol. The Morgan fingerprint density at radius 1 is 0.963 bits per heavy atom. The Hall–Kier alpha value is -2.18. The van der Waals surface area contributed by atoms with Crippen LogP contribution in [0, 0.1) is 27.7 Å². The van der Waals surface area contributed by atoms with E-state index in [-0.39, 0.29) is 10.8 Å². The molecule has 0 saturated heterocycles. The van der Waals surface area contributed by atoms with Gasteiger partial charge in [-0.05, 0) is 69.5 Å². The number of sulfonamides is 1. The number of nitrogens with zero attached hydrogens (tertiary/aromatic N) is 2. The second kappa shape index (κ2) is 7.82. The van der Waals surface area contributed by atoms with Gasteiger partial charge in [0.25, 0.3) is 5.91 Å².